The van der Waals surface area contributed by atoms with Crippen molar-refractivity contribution in [3.05, 3.63) is 0 Å². The summed E-state index contributed by atoms with van der Waals surface area (Å²) in [6, 6.07) is 0. The Hall–Kier alpha value is -0.0800. The van der Waals surface area contributed by atoms with Crippen molar-refractivity contribution in [1.29, 1.82) is 0 Å². The molecule has 0 aromatic heterocycles. The van der Waals surface area contributed by atoms with Gasteiger partial charge in [0.2, 0.25) is 0 Å². The maximum Gasteiger partial charge on any atom is 0.0101 e. The van der Waals surface area contributed by atoms with Crippen molar-refractivity contribution < 1.29 is 0 Å². The zero-order chi connectivity index (χ0) is 11.1. The first-order chi connectivity index (χ1) is 7.18. The van der Waals surface area contributed by atoms with Crippen LogP contribution < -0.4 is 5.32 Å². The normalized spacial score (nSPS) is 27.2. The van der Waals surface area contributed by atoms with Gasteiger partial charge in [0.05, 0.1) is 0 Å². The van der Waals surface area contributed by atoms with Gasteiger partial charge in [0.25, 0.3) is 0 Å². The molecule has 1 N–H and O–H groups in total. The SMILES string of the molecule is CC1CCCC(CCNCCN(C)C)C1. The standard InChI is InChI=1S/C13H28N2/c1-12-5-4-6-13(11-12)7-8-14-9-10-15(2)3/h12-14H,4-11H2,1-3H3. The predicted molar refractivity (Wildman–Crippen MR) is 67.2 cm³/mol. The van der Waals surface area contributed by atoms with Gasteiger partial charge in [-0.25, -0.2) is 0 Å². The minimum atomic E-state index is 0.977. The number of nitrogens with one attached hydrogen (secondary N) is 1. The van der Waals surface area contributed by atoms with Gasteiger partial charge in [-0.3, -0.25) is 0 Å². The molecule has 0 aromatic carbocycles. The quantitative estimate of drug-likeness (QED) is 0.680. The van der Waals surface area contributed by atoms with Gasteiger partial charge in [-0.15, -0.1) is 0 Å². The van der Waals surface area contributed by atoms with Crippen molar-refractivity contribution in [1.82, 2.24) is 10.2 Å². The molecule has 0 saturated heterocycles. The first-order valence-corrected chi connectivity index (χ1v) is 6.54. The van der Waals surface area contributed by atoms with Crippen LogP contribution in [-0.2, 0) is 0 Å². The highest BCUT2D eigenvalue weighted by molar-refractivity contribution is 4.71. The molecule has 1 saturated carbocycles. The van der Waals surface area contributed by atoms with E-state index in [1.807, 2.05) is 0 Å². The summed E-state index contributed by atoms with van der Waals surface area (Å²) in [5.41, 5.74) is 0. The van der Waals surface area contributed by atoms with E-state index in [1.54, 1.807) is 0 Å². The number of likely N-dealkylation sites (N-methyl/N-ethyl adjacent to an activating group) is 1. The van der Waals surface area contributed by atoms with Crippen molar-refractivity contribution in [2.75, 3.05) is 33.7 Å². The van der Waals surface area contributed by atoms with Crippen molar-refractivity contribution >= 4 is 0 Å². The summed E-state index contributed by atoms with van der Waals surface area (Å²) in [5.74, 6) is 1.98. The lowest BCUT2D eigenvalue weighted by Crippen LogP contribution is -2.28. The van der Waals surface area contributed by atoms with Crippen molar-refractivity contribution in [2.45, 2.75) is 39.0 Å². The molecule has 1 rings (SSSR count). The highest BCUT2D eigenvalue weighted by atomic mass is 15.1. The summed E-state index contributed by atoms with van der Waals surface area (Å²) < 4.78 is 0. The maximum atomic E-state index is 3.54. The molecule has 2 nitrogen and oxygen atoms in total. The summed E-state index contributed by atoms with van der Waals surface area (Å²) in [4.78, 5) is 2.23. The molecule has 0 heterocycles. The summed E-state index contributed by atoms with van der Waals surface area (Å²) in [6.45, 7) is 5.91. The molecule has 0 bridgehead atoms. The predicted octanol–water partition coefficient (Wildman–Crippen LogP) is 2.35. The van der Waals surface area contributed by atoms with Crippen LogP contribution in [0.5, 0.6) is 0 Å². The fourth-order valence-electron chi connectivity index (χ4n) is 2.56. The van der Waals surface area contributed by atoms with Crippen molar-refractivity contribution in [3.8, 4) is 0 Å². The van der Waals surface area contributed by atoms with Crippen LogP contribution in [0.15, 0.2) is 0 Å². The van der Waals surface area contributed by atoms with Crippen LogP contribution in [0.4, 0.5) is 0 Å². The minimum absolute atomic E-state index is 0.977. The average molecular weight is 212 g/mol. The van der Waals surface area contributed by atoms with E-state index in [0.29, 0.717) is 0 Å². The van der Waals surface area contributed by atoms with Gasteiger partial charge in [0.1, 0.15) is 0 Å². The zero-order valence-corrected chi connectivity index (χ0v) is 10.8. The Labute approximate surface area is 95.4 Å². The van der Waals surface area contributed by atoms with E-state index >= 15 is 0 Å². The molecule has 1 fully saturated rings. The van der Waals surface area contributed by atoms with Crippen LogP contribution in [0, 0.1) is 11.8 Å². The number of hydrogen-bond donors (Lipinski definition) is 1. The second-order valence-corrected chi connectivity index (χ2v) is 5.48. The van der Waals surface area contributed by atoms with Crippen LogP contribution in [0.3, 0.4) is 0 Å². The Balaban J connectivity index is 1.95. The largest absolute Gasteiger partial charge is 0.315 e. The lowest BCUT2D eigenvalue weighted by molar-refractivity contribution is 0.266. The molecule has 0 radical (unpaired) electrons. The van der Waals surface area contributed by atoms with Crippen molar-refractivity contribution in [3.63, 3.8) is 0 Å². The van der Waals surface area contributed by atoms with Gasteiger partial charge in [0.15, 0.2) is 0 Å². The highest BCUT2D eigenvalue weighted by Crippen LogP contribution is 2.30. The Morgan fingerprint density at radius 1 is 1.20 bits per heavy atom. The van der Waals surface area contributed by atoms with Crippen LogP contribution >= 0.6 is 0 Å². The summed E-state index contributed by atoms with van der Waals surface area (Å²) in [6.07, 6.45) is 7.25. The van der Waals surface area contributed by atoms with Crippen LogP contribution in [0.2, 0.25) is 0 Å². The smallest absolute Gasteiger partial charge is 0.0101 e. The van der Waals surface area contributed by atoms with E-state index in [0.717, 1.165) is 24.9 Å². The molecule has 2 unspecified atom stereocenters. The fourth-order valence-corrected chi connectivity index (χ4v) is 2.56. The Morgan fingerprint density at radius 3 is 2.67 bits per heavy atom. The summed E-state index contributed by atoms with van der Waals surface area (Å²) >= 11 is 0. The van der Waals surface area contributed by atoms with E-state index in [9.17, 15) is 0 Å². The van der Waals surface area contributed by atoms with Gasteiger partial charge in [-0.1, -0.05) is 26.2 Å². The average Bonchev–Trinajstić information content (AvgIpc) is 2.17. The van der Waals surface area contributed by atoms with E-state index < -0.39 is 0 Å². The molecular weight excluding hydrogens is 184 g/mol. The van der Waals surface area contributed by atoms with Gasteiger partial charge in [-0.2, -0.15) is 0 Å². The third kappa shape index (κ3) is 6.16. The molecule has 1 aliphatic carbocycles. The molecule has 0 aliphatic heterocycles. The van der Waals surface area contributed by atoms with E-state index in [-0.39, 0.29) is 0 Å². The van der Waals surface area contributed by atoms with Crippen molar-refractivity contribution in [2.24, 2.45) is 11.8 Å². The van der Waals surface area contributed by atoms with Gasteiger partial charge < -0.3 is 10.2 Å². The second-order valence-electron chi connectivity index (χ2n) is 5.48. The van der Waals surface area contributed by atoms with E-state index in [2.05, 4.69) is 31.2 Å². The minimum Gasteiger partial charge on any atom is -0.315 e. The lowest BCUT2D eigenvalue weighted by Gasteiger charge is -2.26. The molecular formula is C13H28N2. The molecule has 0 amide bonds. The Bertz CT molecular complexity index is 157. The van der Waals surface area contributed by atoms with E-state index in [1.165, 1.54) is 38.6 Å². The first-order valence-electron chi connectivity index (χ1n) is 6.54. The summed E-state index contributed by atoms with van der Waals surface area (Å²) in [7, 11) is 4.26. The van der Waals surface area contributed by atoms with Crippen LogP contribution in [-0.4, -0.2) is 38.6 Å². The third-order valence-corrected chi connectivity index (χ3v) is 3.51. The molecule has 90 valence electrons. The molecule has 2 heteroatoms. The van der Waals surface area contributed by atoms with Gasteiger partial charge in [0, 0.05) is 13.1 Å². The maximum absolute atomic E-state index is 3.54. The van der Waals surface area contributed by atoms with Gasteiger partial charge >= 0.3 is 0 Å². The molecule has 15 heavy (non-hydrogen) atoms. The highest BCUT2D eigenvalue weighted by Gasteiger charge is 2.17. The fraction of sp³-hybridized carbons (Fsp3) is 1.00. The third-order valence-electron chi connectivity index (χ3n) is 3.51. The molecule has 2 atom stereocenters. The molecule has 1 aliphatic rings. The topological polar surface area (TPSA) is 15.3 Å². The second kappa shape index (κ2) is 7.24. The number of rotatable bonds is 6. The molecule has 0 aromatic rings. The monoisotopic (exact) mass is 212 g/mol. The zero-order valence-electron chi connectivity index (χ0n) is 10.8. The molecule has 0 spiro atoms. The first kappa shape index (κ1) is 13.0. The van der Waals surface area contributed by atoms with Gasteiger partial charge in [-0.05, 0) is 45.3 Å². The number of hydrogen-bond acceptors (Lipinski definition) is 2. The Morgan fingerprint density at radius 2 is 2.00 bits per heavy atom. The van der Waals surface area contributed by atoms with Crippen LogP contribution in [0.1, 0.15) is 39.0 Å². The Kier molecular flexibility index (Phi) is 6.26. The lowest BCUT2D eigenvalue weighted by atomic mass is 9.81. The van der Waals surface area contributed by atoms with Crippen LogP contribution in [0.25, 0.3) is 0 Å². The summed E-state index contributed by atoms with van der Waals surface area (Å²) in [5, 5.41) is 3.54. The van der Waals surface area contributed by atoms with E-state index in [4.69, 9.17) is 0 Å². The number of nitrogens with zero attached hydrogens (tertiary/aromatic N) is 1.